The first-order chi connectivity index (χ1) is 25.7. The van der Waals surface area contributed by atoms with Crippen LogP contribution in [0.15, 0.2) is 200 Å². The molecule has 0 fully saturated rings. The van der Waals surface area contributed by atoms with Crippen LogP contribution < -0.4 is 14.6 Å². The highest BCUT2D eigenvalue weighted by molar-refractivity contribution is 7.76. The molecule has 3 nitrogen and oxygen atoms in total. The van der Waals surface area contributed by atoms with Gasteiger partial charge in [-0.3, -0.25) is 13.9 Å². The van der Waals surface area contributed by atoms with Crippen LogP contribution >= 0.6 is 7.44 Å². The Labute approximate surface area is 303 Å². The third-order valence-corrected chi connectivity index (χ3v) is 13.3. The molecule has 0 bridgehead atoms. The van der Waals surface area contributed by atoms with Gasteiger partial charge in [0.25, 0.3) is 0 Å². The minimum absolute atomic E-state index is 0.774. The van der Waals surface area contributed by atoms with Gasteiger partial charge in [-0.05, 0) is 109 Å². The van der Waals surface area contributed by atoms with E-state index in [1.807, 2.05) is 78.9 Å². The maximum Gasteiger partial charge on any atom is 0.301 e. The quantitative estimate of drug-likeness (QED) is 0.133. The molecule has 1 atom stereocenters. The maximum absolute atomic E-state index is 16.2. The molecule has 0 saturated carbocycles. The number of hydrogen-bond donors (Lipinski definition) is 0. The van der Waals surface area contributed by atoms with Crippen LogP contribution in [-0.4, -0.2) is 0 Å². The summed E-state index contributed by atoms with van der Waals surface area (Å²) in [6.07, 6.45) is 0. The van der Waals surface area contributed by atoms with E-state index in [1.165, 1.54) is 49.0 Å². The first-order valence-corrected chi connectivity index (χ1v) is 19.3. The Bertz CT molecular complexity index is 2780. The first-order valence-electron chi connectivity index (χ1n) is 17.6. The van der Waals surface area contributed by atoms with E-state index in [2.05, 4.69) is 131 Å². The molecule has 0 aromatic heterocycles. The Balaban J connectivity index is 1.26. The number of fused-ring (bicyclic) bond motifs is 4. The standard InChI is InChI=1S/C48H33N2OP/c51-52(40-22-8-3-9-23-40)49(38-18-4-1-5-19-38)45-31-30-37(33-46(45)50(52)39-20-6-2-7-21-39)48-43-26-14-12-24-41(43)47(42-25-13-15-27-44(42)48)36-29-28-34-16-10-11-17-35(34)32-36/h1-33H. The molecular formula is C48H33N2OP. The minimum atomic E-state index is -3.48. The van der Waals surface area contributed by atoms with E-state index in [0.717, 1.165) is 33.6 Å². The minimum Gasteiger partial charge on any atom is -0.270 e. The van der Waals surface area contributed by atoms with E-state index in [4.69, 9.17) is 0 Å². The van der Waals surface area contributed by atoms with E-state index >= 15 is 4.57 Å². The molecule has 1 aliphatic rings. The number of nitrogens with zero attached hydrogens (tertiary/aromatic N) is 2. The number of hydrogen-bond acceptors (Lipinski definition) is 1. The second-order valence-electron chi connectivity index (χ2n) is 13.3. The third kappa shape index (κ3) is 4.64. The van der Waals surface area contributed by atoms with Crippen molar-refractivity contribution in [1.29, 1.82) is 0 Å². The van der Waals surface area contributed by atoms with Gasteiger partial charge in [-0.15, -0.1) is 0 Å². The summed E-state index contributed by atoms with van der Waals surface area (Å²) in [5.74, 6) is 0. The Hall–Kier alpha value is -6.41. The Morgan fingerprint density at radius 3 is 1.33 bits per heavy atom. The molecule has 246 valence electrons. The van der Waals surface area contributed by atoms with Crippen molar-refractivity contribution in [2.45, 2.75) is 0 Å². The molecule has 1 unspecified atom stereocenters. The monoisotopic (exact) mass is 684 g/mol. The predicted octanol–water partition coefficient (Wildman–Crippen LogP) is 13.3. The molecular weight excluding hydrogens is 652 g/mol. The van der Waals surface area contributed by atoms with Gasteiger partial charge in [0.2, 0.25) is 0 Å². The van der Waals surface area contributed by atoms with E-state index in [-0.39, 0.29) is 0 Å². The summed E-state index contributed by atoms with van der Waals surface area (Å²) in [7, 11) is -3.48. The fraction of sp³-hybridized carbons (Fsp3) is 0. The molecule has 0 radical (unpaired) electrons. The highest BCUT2D eigenvalue weighted by Crippen LogP contribution is 2.70. The van der Waals surface area contributed by atoms with Crippen LogP contribution in [0.3, 0.4) is 0 Å². The van der Waals surface area contributed by atoms with Crippen molar-refractivity contribution in [3.05, 3.63) is 200 Å². The smallest absolute Gasteiger partial charge is 0.270 e. The average Bonchev–Trinajstić information content (AvgIpc) is 3.48. The molecule has 52 heavy (non-hydrogen) atoms. The second-order valence-corrected chi connectivity index (χ2v) is 15.7. The Morgan fingerprint density at radius 2 is 0.769 bits per heavy atom. The van der Waals surface area contributed by atoms with Crippen molar-refractivity contribution in [3.63, 3.8) is 0 Å². The van der Waals surface area contributed by atoms with Gasteiger partial charge >= 0.3 is 7.44 Å². The molecule has 0 saturated heterocycles. The zero-order chi connectivity index (χ0) is 34.6. The summed E-state index contributed by atoms with van der Waals surface area (Å²) in [5.41, 5.74) is 8.26. The number of para-hydroxylation sites is 2. The number of anilines is 4. The van der Waals surface area contributed by atoms with Gasteiger partial charge in [-0.25, -0.2) is 0 Å². The lowest BCUT2D eigenvalue weighted by molar-refractivity contribution is 0.582. The maximum atomic E-state index is 16.2. The lowest BCUT2D eigenvalue weighted by Gasteiger charge is -2.33. The van der Waals surface area contributed by atoms with E-state index in [9.17, 15) is 0 Å². The van der Waals surface area contributed by atoms with Crippen LogP contribution in [0.5, 0.6) is 0 Å². The van der Waals surface area contributed by atoms with Gasteiger partial charge in [0.15, 0.2) is 0 Å². The summed E-state index contributed by atoms with van der Waals surface area (Å²) < 4.78 is 20.3. The zero-order valence-corrected chi connectivity index (χ0v) is 29.2. The summed E-state index contributed by atoms with van der Waals surface area (Å²) in [5, 5.41) is 7.99. The Morgan fingerprint density at radius 1 is 0.346 bits per heavy atom. The zero-order valence-electron chi connectivity index (χ0n) is 28.3. The van der Waals surface area contributed by atoms with Crippen LogP contribution in [0.2, 0.25) is 0 Å². The largest absolute Gasteiger partial charge is 0.301 e. The van der Waals surface area contributed by atoms with Crippen molar-refractivity contribution in [2.24, 2.45) is 0 Å². The number of rotatable bonds is 5. The first kappa shape index (κ1) is 30.4. The van der Waals surface area contributed by atoms with Crippen LogP contribution in [0.4, 0.5) is 22.7 Å². The van der Waals surface area contributed by atoms with Crippen molar-refractivity contribution >= 4 is 67.8 Å². The highest BCUT2D eigenvalue weighted by atomic mass is 31.2. The topological polar surface area (TPSA) is 23.6 Å². The van der Waals surface area contributed by atoms with Crippen molar-refractivity contribution in [2.75, 3.05) is 9.34 Å². The highest BCUT2D eigenvalue weighted by Gasteiger charge is 2.49. The predicted molar refractivity (Wildman–Crippen MR) is 221 cm³/mol. The van der Waals surface area contributed by atoms with Gasteiger partial charge in [0.05, 0.1) is 16.7 Å². The summed E-state index contributed by atoms with van der Waals surface area (Å²) in [4.78, 5) is 0. The molecule has 9 aromatic rings. The molecule has 1 aliphatic heterocycles. The van der Waals surface area contributed by atoms with Crippen LogP contribution in [0.1, 0.15) is 0 Å². The Kier molecular flexibility index (Phi) is 7.09. The van der Waals surface area contributed by atoms with Gasteiger partial charge < -0.3 is 0 Å². The lowest BCUT2D eigenvalue weighted by Crippen LogP contribution is -2.26. The normalized spacial score (nSPS) is 15.4. The molecule has 0 N–H and O–H groups in total. The molecule has 1 heterocycles. The van der Waals surface area contributed by atoms with Crippen molar-refractivity contribution < 1.29 is 4.57 Å². The van der Waals surface area contributed by atoms with E-state index in [1.54, 1.807) is 0 Å². The molecule has 4 heteroatoms. The van der Waals surface area contributed by atoms with Gasteiger partial charge in [-0.1, -0.05) is 146 Å². The summed E-state index contributed by atoms with van der Waals surface area (Å²) in [6.45, 7) is 0. The van der Waals surface area contributed by atoms with Gasteiger partial charge in [0, 0.05) is 11.4 Å². The molecule has 0 aliphatic carbocycles. The van der Waals surface area contributed by atoms with Crippen molar-refractivity contribution in [1.82, 2.24) is 0 Å². The third-order valence-electron chi connectivity index (χ3n) is 10.3. The van der Waals surface area contributed by atoms with Crippen LogP contribution in [-0.2, 0) is 4.57 Å². The van der Waals surface area contributed by atoms with Crippen LogP contribution in [0, 0.1) is 0 Å². The van der Waals surface area contributed by atoms with E-state index < -0.39 is 7.44 Å². The summed E-state index contributed by atoms with van der Waals surface area (Å²) in [6, 6.07) is 69.7. The molecule has 9 aromatic carbocycles. The SMILES string of the molecule is O=P1(c2ccccc2)N(c2ccccc2)c2ccc(-c3c4ccccc4c(-c4ccc5ccccc5c4)c4ccccc34)cc2N1c1ccccc1. The van der Waals surface area contributed by atoms with Gasteiger partial charge in [-0.2, -0.15) is 0 Å². The fourth-order valence-corrected chi connectivity index (χ4v) is 11.1. The second kappa shape index (κ2) is 12.1. The average molecular weight is 685 g/mol. The molecule has 0 amide bonds. The molecule has 0 spiro atoms. The number of benzene rings is 9. The fourth-order valence-electron chi connectivity index (χ4n) is 8.09. The van der Waals surface area contributed by atoms with Gasteiger partial charge in [0.1, 0.15) is 0 Å². The van der Waals surface area contributed by atoms with Crippen LogP contribution in [0.25, 0.3) is 54.6 Å². The van der Waals surface area contributed by atoms with Crippen molar-refractivity contribution in [3.8, 4) is 22.3 Å². The lowest BCUT2D eigenvalue weighted by atomic mass is 9.85. The molecule has 10 rings (SSSR count). The summed E-state index contributed by atoms with van der Waals surface area (Å²) >= 11 is 0. The van der Waals surface area contributed by atoms with E-state index in [0.29, 0.717) is 0 Å².